The molecule has 0 aliphatic rings. The van der Waals surface area contributed by atoms with Crippen LogP contribution in [0.15, 0.2) is 40.8 Å². The Hall–Kier alpha value is -1.74. The van der Waals surface area contributed by atoms with E-state index in [9.17, 15) is 0 Å². The smallest absolute Gasteiger partial charge is 0.146 e. The van der Waals surface area contributed by atoms with Crippen molar-refractivity contribution in [2.75, 3.05) is 7.05 Å². The molecule has 1 aromatic carbocycles. The number of hydrogen-bond acceptors (Lipinski definition) is 3. The van der Waals surface area contributed by atoms with Gasteiger partial charge in [-0.1, -0.05) is 19.1 Å². The fourth-order valence-corrected chi connectivity index (χ4v) is 1.78. The van der Waals surface area contributed by atoms with Crippen molar-refractivity contribution in [2.24, 2.45) is 0 Å². The molecular formula is C15H19NO2. The fourth-order valence-electron chi connectivity index (χ4n) is 1.78. The van der Waals surface area contributed by atoms with Gasteiger partial charge in [0, 0.05) is 0 Å². The molecule has 0 amide bonds. The first-order valence-corrected chi connectivity index (χ1v) is 6.25. The van der Waals surface area contributed by atoms with Crippen molar-refractivity contribution >= 4 is 0 Å². The van der Waals surface area contributed by atoms with E-state index in [1.165, 1.54) is 5.56 Å². The van der Waals surface area contributed by atoms with E-state index in [0.717, 1.165) is 30.2 Å². The predicted octanol–water partition coefficient (Wildman–Crippen LogP) is 3.14. The number of aryl methyl sites for hydroxylation is 1. The summed E-state index contributed by atoms with van der Waals surface area (Å²) in [6, 6.07) is 12.1. The van der Waals surface area contributed by atoms with Gasteiger partial charge in [0.05, 0.1) is 6.54 Å². The molecule has 0 unspecified atom stereocenters. The number of furan rings is 1. The molecule has 3 nitrogen and oxygen atoms in total. The first-order chi connectivity index (χ1) is 8.81. The third-order valence-corrected chi connectivity index (χ3v) is 2.76. The fraction of sp³-hybridized carbons (Fsp3) is 0.333. The highest BCUT2D eigenvalue weighted by Gasteiger charge is 2.02. The molecule has 1 aromatic heterocycles. The molecule has 1 N–H and O–H groups in total. The molecule has 96 valence electrons. The van der Waals surface area contributed by atoms with Crippen molar-refractivity contribution in [3.05, 3.63) is 53.5 Å². The number of ether oxygens (including phenoxy) is 1. The normalized spacial score (nSPS) is 10.6. The van der Waals surface area contributed by atoms with Crippen molar-refractivity contribution in [1.82, 2.24) is 5.32 Å². The summed E-state index contributed by atoms with van der Waals surface area (Å²) < 4.78 is 11.3. The Bertz CT molecular complexity index is 491. The summed E-state index contributed by atoms with van der Waals surface area (Å²) in [6.45, 7) is 3.35. The molecule has 0 atom stereocenters. The second kappa shape index (κ2) is 6.26. The van der Waals surface area contributed by atoms with Crippen LogP contribution in [0.1, 0.15) is 24.0 Å². The zero-order valence-corrected chi connectivity index (χ0v) is 10.9. The Balaban J connectivity index is 1.93. The second-order valence-corrected chi connectivity index (χ2v) is 4.19. The molecule has 1 heterocycles. The van der Waals surface area contributed by atoms with E-state index in [2.05, 4.69) is 24.4 Å². The maximum absolute atomic E-state index is 5.71. The molecular weight excluding hydrogens is 226 g/mol. The zero-order valence-electron chi connectivity index (χ0n) is 10.9. The lowest BCUT2D eigenvalue weighted by Crippen LogP contribution is -2.03. The van der Waals surface area contributed by atoms with Gasteiger partial charge in [0.15, 0.2) is 0 Å². The maximum Gasteiger partial charge on any atom is 0.146 e. The van der Waals surface area contributed by atoms with Crippen LogP contribution in [0, 0.1) is 0 Å². The Labute approximate surface area is 108 Å². The van der Waals surface area contributed by atoms with Gasteiger partial charge in [0.1, 0.15) is 23.9 Å². The molecule has 0 saturated carbocycles. The van der Waals surface area contributed by atoms with E-state index < -0.39 is 0 Å². The summed E-state index contributed by atoms with van der Waals surface area (Å²) in [5, 5.41) is 3.05. The van der Waals surface area contributed by atoms with Crippen molar-refractivity contribution in [3.63, 3.8) is 0 Å². The minimum absolute atomic E-state index is 0.469. The van der Waals surface area contributed by atoms with E-state index in [-0.39, 0.29) is 0 Å². The summed E-state index contributed by atoms with van der Waals surface area (Å²) in [6.07, 6.45) is 1.02. The van der Waals surface area contributed by atoms with Gasteiger partial charge in [0.2, 0.25) is 0 Å². The Kier molecular flexibility index (Phi) is 4.42. The van der Waals surface area contributed by atoms with Gasteiger partial charge < -0.3 is 14.5 Å². The quantitative estimate of drug-likeness (QED) is 0.849. The first kappa shape index (κ1) is 12.7. The van der Waals surface area contributed by atoms with Crippen molar-refractivity contribution in [1.29, 1.82) is 0 Å². The van der Waals surface area contributed by atoms with Gasteiger partial charge in [-0.05, 0) is 43.3 Å². The van der Waals surface area contributed by atoms with Gasteiger partial charge >= 0.3 is 0 Å². The Morgan fingerprint density at radius 2 is 2.00 bits per heavy atom. The Morgan fingerprint density at radius 1 is 1.17 bits per heavy atom. The van der Waals surface area contributed by atoms with Gasteiger partial charge in [-0.25, -0.2) is 0 Å². The van der Waals surface area contributed by atoms with E-state index in [1.807, 2.05) is 31.3 Å². The lowest BCUT2D eigenvalue weighted by Gasteiger charge is -2.05. The molecule has 0 aliphatic carbocycles. The summed E-state index contributed by atoms with van der Waals surface area (Å²) in [5.74, 6) is 2.67. The van der Waals surface area contributed by atoms with Crippen LogP contribution in [-0.2, 0) is 19.6 Å². The van der Waals surface area contributed by atoms with Crippen LogP contribution >= 0.6 is 0 Å². The molecule has 0 saturated heterocycles. The van der Waals surface area contributed by atoms with Crippen LogP contribution in [0.5, 0.6) is 5.75 Å². The molecule has 2 aromatic rings. The SMILES string of the molecule is CCc1cccc(OCc2ccc(CNC)o2)c1. The molecule has 18 heavy (non-hydrogen) atoms. The van der Waals surface area contributed by atoms with E-state index in [4.69, 9.17) is 9.15 Å². The summed E-state index contributed by atoms with van der Waals surface area (Å²) in [4.78, 5) is 0. The monoisotopic (exact) mass is 245 g/mol. The molecule has 0 fully saturated rings. The van der Waals surface area contributed by atoms with Crippen LogP contribution in [0.2, 0.25) is 0 Å². The molecule has 0 aliphatic heterocycles. The van der Waals surface area contributed by atoms with E-state index in [0.29, 0.717) is 6.61 Å². The maximum atomic E-state index is 5.71. The minimum atomic E-state index is 0.469. The highest BCUT2D eigenvalue weighted by molar-refractivity contribution is 5.28. The Morgan fingerprint density at radius 3 is 2.78 bits per heavy atom. The third-order valence-electron chi connectivity index (χ3n) is 2.76. The van der Waals surface area contributed by atoms with Crippen LogP contribution in [0.25, 0.3) is 0 Å². The van der Waals surface area contributed by atoms with Crippen LogP contribution in [-0.4, -0.2) is 7.05 Å². The largest absolute Gasteiger partial charge is 0.486 e. The second-order valence-electron chi connectivity index (χ2n) is 4.19. The van der Waals surface area contributed by atoms with Crippen molar-refractivity contribution in [2.45, 2.75) is 26.5 Å². The predicted molar refractivity (Wildman–Crippen MR) is 71.6 cm³/mol. The topological polar surface area (TPSA) is 34.4 Å². The standard InChI is InChI=1S/C15H19NO2/c1-3-12-5-4-6-13(9-12)17-11-15-8-7-14(18-15)10-16-2/h4-9,16H,3,10-11H2,1-2H3. The summed E-state index contributed by atoms with van der Waals surface area (Å²) in [5.41, 5.74) is 1.28. The average molecular weight is 245 g/mol. The third kappa shape index (κ3) is 3.37. The molecule has 0 radical (unpaired) electrons. The van der Waals surface area contributed by atoms with Crippen molar-refractivity contribution < 1.29 is 9.15 Å². The first-order valence-electron chi connectivity index (χ1n) is 6.25. The lowest BCUT2D eigenvalue weighted by molar-refractivity contribution is 0.265. The van der Waals surface area contributed by atoms with Gasteiger partial charge in [-0.3, -0.25) is 0 Å². The summed E-state index contributed by atoms with van der Waals surface area (Å²) >= 11 is 0. The number of benzene rings is 1. The number of rotatable bonds is 6. The molecule has 0 bridgehead atoms. The zero-order chi connectivity index (χ0) is 12.8. The number of nitrogens with one attached hydrogen (secondary N) is 1. The lowest BCUT2D eigenvalue weighted by atomic mass is 10.2. The van der Waals surface area contributed by atoms with Gasteiger partial charge in [-0.2, -0.15) is 0 Å². The molecule has 0 spiro atoms. The van der Waals surface area contributed by atoms with Crippen molar-refractivity contribution in [3.8, 4) is 5.75 Å². The van der Waals surface area contributed by atoms with Crippen LogP contribution < -0.4 is 10.1 Å². The summed E-state index contributed by atoms with van der Waals surface area (Å²) in [7, 11) is 1.90. The molecule has 3 heteroatoms. The van der Waals surface area contributed by atoms with E-state index in [1.54, 1.807) is 0 Å². The van der Waals surface area contributed by atoms with Crippen LogP contribution in [0.4, 0.5) is 0 Å². The minimum Gasteiger partial charge on any atom is -0.486 e. The number of hydrogen-bond donors (Lipinski definition) is 1. The average Bonchev–Trinajstić information content (AvgIpc) is 2.85. The van der Waals surface area contributed by atoms with Gasteiger partial charge in [0.25, 0.3) is 0 Å². The molecule has 2 rings (SSSR count). The highest BCUT2D eigenvalue weighted by Crippen LogP contribution is 2.16. The van der Waals surface area contributed by atoms with Gasteiger partial charge in [-0.15, -0.1) is 0 Å². The highest BCUT2D eigenvalue weighted by atomic mass is 16.5. The van der Waals surface area contributed by atoms with E-state index >= 15 is 0 Å². The van der Waals surface area contributed by atoms with Crippen LogP contribution in [0.3, 0.4) is 0 Å².